The minimum absolute atomic E-state index is 0.306. The van der Waals surface area contributed by atoms with E-state index in [2.05, 4.69) is 28.3 Å². The highest BCUT2D eigenvalue weighted by molar-refractivity contribution is 5.50. The molecule has 2 unspecified atom stereocenters. The van der Waals surface area contributed by atoms with Crippen LogP contribution in [0.2, 0.25) is 0 Å². The molecule has 1 N–H and O–H groups in total. The van der Waals surface area contributed by atoms with Crippen LogP contribution in [0.1, 0.15) is 5.56 Å². The van der Waals surface area contributed by atoms with Gasteiger partial charge in [-0.2, -0.15) is 0 Å². The van der Waals surface area contributed by atoms with Crippen LogP contribution in [0.15, 0.2) is 12.3 Å². The highest BCUT2D eigenvalue weighted by Gasteiger charge is 2.31. The van der Waals surface area contributed by atoms with E-state index in [4.69, 9.17) is 4.74 Å². The Balaban J connectivity index is 1.83. The maximum absolute atomic E-state index is 5.88. The fourth-order valence-electron chi connectivity index (χ4n) is 2.47. The van der Waals surface area contributed by atoms with Gasteiger partial charge < -0.3 is 15.0 Å². The molecule has 2 atom stereocenters. The molecule has 0 spiro atoms. The van der Waals surface area contributed by atoms with Crippen LogP contribution in [0, 0.1) is 13.1 Å². The molecular formula is C12H16N3O. The van der Waals surface area contributed by atoms with Gasteiger partial charge in [0, 0.05) is 32.4 Å². The minimum atomic E-state index is 0.306. The van der Waals surface area contributed by atoms with E-state index in [1.54, 1.807) is 6.20 Å². The number of fused-ring (bicyclic) bond motifs is 2. The molecule has 16 heavy (non-hydrogen) atoms. The number of morpholine rings is 2. The average molecular weight is 218 g/mol. The van der Waals surface area contributed by atoms with Crippen LogP contribution in [0.5, 0.6) is 0 Å². The molecule has 0 aromatic carbocycles. The Morgan fingerprint density at radius 3 is 2.88 bits per heavy atom. The van der Waals surface area contributed by atoms with E-state index in [9.17, 15) is 0 Å². The Hall–Kier alpha value is -1.13. The van der Waals surface area contributed by atoms with Crippen LogP contribution in [0.3, 0.4) is 0 Å². The lowest BCUT2D eigenvalue weighted by molar-refractivity contribution is -0.0484. The van der Waals surface area contributed by atoms with Crippen molar-refractivity contribution in [2.45, 2.75) is 19.1 Å². The number of nitrogens with zero attached hydrogens (tertiary/aromatic N) is 2. The molecule has 2 saturated heterocycles. The van der Waals surface area contributed by atoms with Crippen LogP contribution in [0.4, 0.5) is 5.69 Å². The lowest BCUT2D eigenvalue weighted by Crippen LogP contribution is -2.58. The number of ether oxygens (including phenoxy) is 1. The SMILES string of the molecule is Cc1ccn[c]c1N1CC2CNCC(C1)O2. The topological polar surface area (TPSA) is 37.4 Å². The van der Waals surface area contributed by atoms with Crippen molar-refractivity contribution < 1.29 is 4.74 Å². The maximum Gasteiger partial charge on any atom is 0.114 e. The summed E-state index contributed by atoms with van der Waals surface area (Å²) in [6.45, 7) is 5.88. The highest BCUT2D eigenvalue weighted by atomic mass is 16.5. The van der Waals surface area contributed by atoms with E-state index in [1.807, 2.05) is 6.07 Å². The van der Waals surface area contributed by atoms with Crippen molar-refractivity contribution in [3.63, 3.8) is 0 Å². The first kappa shape index (κ1) is 10.1. The van der Waals surface area contributed by atoms with Crippen molar-refractivity contribution >= 4 is 5.69 Å². The van der Waals surface area contributed by atoms with Crippen molar-refractivity contribution in [2.24, 2.45) is 0 Å². The Morgan fingerprint density at radius 2 is 2.19 bits per heavy atom. The summed E-state index contributed by atoms with van der Waals surface area (Å²) in [4.78, 5) is 6.44. The second kappa shape index (κ2) is 4.03. The molecule has 2 aliphatic heterocycles. The Labute approximate surface area is 95.6 Å². The smallest absolute Gasteiger partial charge is 0.114 e. The van der Waals surface area contributed by atoms with Crippen molar-refractivity contribution in [2.75, 3.05) is 31.1 Å². The molecule has 3 heterocycles. The first-order valence-electron chi connectivity index (χ1n) is 5.77. The Bertz CT molecular complexity index is 370. The zero-order valence-electron chi connectivity index (χ0n) is 9.44. The fourth-order valence-corrected chi connectivity index (χ4v) is 2.47. The Kier molecular flexibility index (Phi) is 2.53. The highest BCUT2D eigenvalue weighted by Crippen LogP contribution is 2.23. The van der Waals surface area contributed by atoms with Gasteiger partial charge in [0.2, 0.25) is 0 Å². The van der Waals surface area contributed by atoms with Crippen LogP contribution in [-0.2, 0) is 4.74 Å². The number of anilines is 1. The predicted octanol–water partition coefficient (Wildman–Crippen LogP) is 0.367. The molecule has 1 radical (unpaired) electrons. The first-order valence-corrected chi connectivity index (χ1v) is 5.77. The van der Waals surface area contributed by atoms with E-state index in [0.717, 1.165) is 31.9 Å². The number of rotatable bonds is 1. The zero-order valence-corrected chi connectivity index (χ0v) is 9.44. The minimum Gasteiger partial charge on any atom is -0.369 e. The molecule has 1 aromatic rings. The number of nitrogens with one attached hydrogen (secondary N) is 1. The molecule has 0 amide bonds. The summed E-state index contributed by atoms with van der Waals surface area (Å²) in [7, 11) is 0. The van der Waals surface area contributed by atoms with E-state index < -0.39 is 0 Å². The Morgan fingerprint density at radius 1 is 1.44 bits per heavy atom. The first-order chi connectivity index (χ1) is 7.83. The number of hydrogen-bond donors (Lipinski definition) is 1. The maximum atomic E-state index is 5.88. The number of pyridine rings is 1. The second-order valence-corrected chi connectivity index (χ2v) is 4.53. The van der Waals surface area contributed by atoms with E-state index in [-0.39, 0.29) is 0 Å². The van der Waals surface area contributed by atoms with Gasteiger partial charge >= 0.3 is 0 Å². The van der Waals surface area contributed by atoms with Crippen LogP contribution in [0.25, 0.3) is 0 Å². The fraction of sp³-hybridized carbons (Fsp3) is 0.583. The molecule has 2 aliphatic rings. The number of hydrogen-bond acceptors (Lipinski definition) is 4. The summed E-state index contributed by atoms with van der Waals surface area (Å²) in [6.07, 6.45) is 5.50. The lowest BCUT2D eigenvalue weighted by Gasteiger charge is -2.43. The molecule has 0 aliphatic carbocycles. The van der Waals surface area contributed by atoms with Gasteiger partial charge in [-0.15, -0.1) is 0 Å². The summed E-state index contributed by atoms with van der Waals surface area (Å²) < 4.78 is 5.88. The summed E-state index contributed by atoms with van der Waals surface area (Å²) in [5.74, 6) is 0. The third-order valence-corrected chi connectivity index (χ3v) is 3.24. The molecule has 3 rings (SSSR count). The largest absolute Gasteiger partial charge is 0.369 e. The van der Waals surface area contributed by atoms with E-state index in [0.29, 0.717) is 12.2 Å². The average Bonchev–Trinajstić information content (AvgIpc) is 2.29. The summed E-state index contributed by atoms with van der Waals surface area (Å²) in [5.41, 5.74) is 2.37. The molecule has 0 saturated carbocycles. The third-order valence-electron chi connectivity index (χ3n) is 3.24. The van der Waals surface area contributed by atoms with Gasteiger partial charge in [-0.05, 0) is 18.6 Å². The van der Waals surface area contributed by atoms with Gasteiger partial charge in [-0.1, -0.05) is 0 Å². The van der Waals surface area contributed by atoms with Crippen LogP contribution >= 0.6 is 0 Å². The van der Waals surface area contributed by atoms with Gasteiger partial charge in [0.05, 0.1) is 17.9 Å². The monoisotopic (exact) mass is 218 g/mol. The molecule has 4 heteroatoms. The summed E-state index contributed by atoms with van der Waals surface area (Å²) in [5, 5.41) is 3.40. The zero-order chi connectivity index (χ0) is 11.0. The molecular weight excluding hydrogens is 202 g/mol. The second-order valence-electron chi connectivity index (χ2n) is 4.53. The lowest BCUT2D eigenvalue weighted by atomic mass is 10.1. The molecule has 85 valence electrons. The van der Waals surface area contributed by atoms with Crippen LogP contribution in [-0.4, -0.2) is 43.4 Å². The van der Waals surface area contributed by atoms with Crippen molar-refractivity contribution in [1.29, 1.82) is 0 Å². The van der Waals surface area contributed by atoms with Crippen molar-refractivity contribution in [3.05, 3.63) is 24.0 Å². The molecule has 2 bridgehead atoms. The van der Waals surface area contributed by atoms with Gasteiger partial charge in [-0.3, -0.25) is 4.98 Å². The summed E-state index contributed by atoms with van der Waals surface area (Å²) in [6, 6.07) is 2.04. The molecule has 2 fully saturated rings. The predicted molar refractivity (Wildman–Crippen MR) is 61.6 cm³/mol. The van der Waals surface area contributed by atoms with Crippen molar-refractivity contribution in [1.82, 2.24) is 10.3 Å². The molecule has 1 aromatic heterocycles. The third kappa shape index (κ3) is 1.79. The standard InChI is InChI=1S/C12H16N3O/c1-9-2-3-13-6-12(9)15-7-10-4-14-5-11(8-15)16-10/h2-3,10-11,14H,4-5,7-8H2,1H3. The van der Waals surface area contributed by atoms with Crippen LogP contribution < -0.4 is 10.2 Å². The number of aryl methyl sites for hydroxylation is 1. The van der Waals surface area contributed by atoms with Gasteiger partial charge in [0.25, 0.3) is 0 Å². The van der Waals surface area contributed by atoms with Crippen molar-refractivity contribution in [3.8, 4) is 0 Å². The quantitative estimate of drug-likeness (QED) is 0.739. The summed E-state index contributed by atoms with van der Waals surface area (Å²) >= 11 is 0. The van der Waals surface area contributed by atoms with Gasteiger partial charge in [-0.25, -0.2) is 0 Å². The molecule has 4 nitrogen and oxygen atoms in total. The van der Waals surface area contributed by atoms with Gasteiger partial charge in [0.1, 0.15) is 6.20 Å². The number of aromatic nitrogens is 1. The normalized spacial score (nSPS) is 29.2. The van der Waals surface area contributed by atoms with E-state index in [1.165, 1.54) is 5.56 Å². The van der Waals surface area contributed by atoms with E-state index >= 15 is 0 Å². The van der Waals surface area contributed by atoms with Gasteiger partial charge in [0.15, 0.2) is 0 Å².